The molecule has 1 unspecified atom stereocenters. The van der Waals surface area contributed by atoms with E-state index in [0.29, 0.717) is 32.1 Å². The van der Waals surface area contributed by atoms with E-state index in [1.165, 1.54) is 0 Å². The van der Waals surface area contributed by atoms with Crippen molar-refractivity contribution < 1.29 is 9.53 Å². The fourth-order valence-electron chi connectivity index (χ4n) is 4.10. The first-order chi connectivity index (χ1) is 14.6. The van der Waals surface area contributed by atoms with Gasteiger partial charge >= 0.3 is 5.97 Å². The molecule has 6 heteroatoms. The first-order valence-electron chi connectivity index (χ1n) is 9.44. The fourth-order valence-corrected chi connectivity index (χ4v) is 4.76. The molecule has 5 rings (SSSR count). The number of halogens is 2. The van der Waals surface area contributed by atoms with Gasteiger partial charge in [0.2, 0.25) is 0 Å². The highest BCUT2D eigenvalue weighted by atomic mass is 35.5. The Hall–Kier alpha value is -3.08. The predicted molar refractivity (Wildman–Crippen MR) is 118 cm³/mol. The lowest BCUT2D eigenvalue weighted by atomic mass is 9.86. The number of esters is 1. The van der Waals surface area contributed by atoms with Gasteiger partial charge in [0, 0.05) is 27.0 Å². The molecule has 4 nitrogen and oxygen atoms in total. The van der Waals surface area contributed by atoms with Crippen LogP contribution < -0.4 is 10.3 Å². The second-order valence-corrected chi connectivity index (χ2v) is 7.92. The minimum absolute atomic E-state index is 0.0151. The topological polar surface area (TPSA) is 48.3 Å². The quantitative estimate of drug-likeness (QED) is 0.377. The van der Waals surface area contributed by atoms with Crippen molar-refractivity contribution >= 4 is 40.1 Å². The van der Waals surface area contributed by atoms with Crippen LogP contribution >= 0.6 is 23.2 Å². The molecule has 0 aliphatic carbocycles. The average Bonchev–Trinajstić information content (AvgIpc) is 2.74. The molecule has 0 saturated heterocycles. The third-order valence-electron chi connectivity index (χ3n) is 5.37. The average molecular weight is 436 g/mol. The van der Waals surface area contributed by atoms with Gasteiger partial charge in [-0.2, -0.15) is 0 Å². The van der Waals surface area contributed by atoms with Gasteiger partial charge in [-0.25, -0.2) is 0 Å². The summed E-state index contributed by atoms with van der Waals surface area (Å²) in [5.74, 6) is -0.750. The van der Waals surface area contributed by atoms with E-state index < -0.39 is 11.9 Å². The number of hydrogen-bond donors (Lipinski definition) is 0. The third-order valence-corrected chi connectivity index (χ3v) is 6.02. The number of pyridine rings is 1. The zero-order valence-corrected chi connectivity index (χ0v) is 17.2. The van der Waals surface area contributed by atoms with Crippen molar-refractivity contribution in [3.63, 3.8) is 0 Å². The summed E-state index contributed by atoms with van der Waals surface area (Å²) in [6.45, 7) is 0. The maximum absolute atomic E-state index is 13.8. The Morgan fingerprint density at radius 1 is 0.800 bits per heavy atom. The molecule has 1 aliphatic rings. The lowest BCUT2D eigenvalue weighted by molar-refractivity contribution is -0.135. The Labute approximate surface area is 182 Å². The van der Waals surface area contributed by atoms with Crippen LogP contribution in [0.5, 0.6) is 5.75 Å². The summed E-state index contributed by atoms with van der Waals surface area (Å²) in [7, 11) is 0. The summed E-state index contributed by atoms with van der Waals surface area (Å²) in [4.78, 5) is 26.4. The van der Waals surface area contributed by atoms with Crippen LogP contribution in [0.2, 0.25) is 10.0 Å². The molecule has 0 fully saturated rings. The molecular formula is C24H15Cl2NO3. The number of nitrogens with zero attached hydrogens (tertiary/aromatic N) is 1. The molecular weight excluding hydrogens is 421 g/mol. The van der Waals surface area contributed by atoms with Crippen molar-refractivity contribution in [1.82, 2.24) is 4.57 Å². The number of para-hydroxylation sites is 2. The molecule has 30 heavy (non-hydrogen) atoms. The SMILES string of the molecule is O=C1CC(c2c(Cl)cccc2Cl)c2c(c3ccccc3n(-c3ccccc3)c2=O)O1. The van der Waals surface area contributed by atoms with Crippen LogP contribution in [0.1, 0.15) is 23.5 Å². The third kappa shape index (κ3) is 2.92. The number of hydrogen-bond acceptors (Lipinski definition) is 3. The smallest absolute Gasteiger partial charge is 0.312 e. The van der Waals surface area contributed by atoms with E-state index in [0.717, 1.165) is 5.69 Å². The zero-order valence-electron chi connectivity index (χ0n) is 15.6. The highest BCUT2D eigenvalue weighted by Crippen LogP contribution is 2.45. The van der Waals surface area contributed by atoms with E-state index in [2.05, 4.69) is 0 Å². The number of carbonyl (C=O) groups excluding carboxylic acids is 1. The van der Waals surface area contributed by atoms with Crippen LogP contribution in [0.25, 0.3) is 16.6 Å². The molecule has 148 valence electrons. The van der Waals surface area contributed by atoms with Crippen molar-refractivity contribution in [3.05, 3.63) is 104 Å². The lowest BCUT2D eigenvalue weighted by Crippen LogP contribution is -2.32. The maximum atomic E-state index is 13.8. The number of carbonyl (C=O) groups is 1. The summed E-state index contributed by atoms with van der Waals surface area (Å²) in [5.41, 5.74) is 2.06. The summed E-state index contributed by atoms with van der Waals surface area (Å²) in [5, 5.41) is 1.50. The molecule has 0 N–H and O–H groups in total. The second-order valence-electron chi connectivity index (χ2n) is 7.10. The van der Waals surface area contributed by atoms with Crippen LogP contribution in [0.3, 0.4) is 0 Å². The monoisotopic (exact) mass is 435 g/mol. The summed E-state index contributed by atoms with van der Waals surface area (Å²) >= 11 is 12.9. The molecule has 1 atom stereocenters. The molecule has 0 bridgehead atoms. The Morgan fingerprint density at radius 3 is 2.20 bits per heavy atom. The van der Waals surface area contributed by atoms with Crippen molar-refractivity contribution in [3.8, 4) is 11.4 Å². The molecule has 0 radical (unpaired) electrons. The summed E-state index contributed by atoms with van der Waals surface area (Å²) < 4.78 is 7.25. The molecule has 1 aromatic heterocycles. The lowest BCUT2D eigenvalue weighted by Gasteiger charge is -2.28. The molecule has 1 aliphatic heterocycles. The summed E-state index contributed by atoms with van der Waals surface area (Å²) in [6, 6.07) is 21.9. The minimum Gasteiger partial charge on any atom is -0.425 e. The molecule has 4 aromatic rings. The van der Waals surface area contributed by atoms with Gasteiger partial charge in [-0.05, 0) is 42.0 Å². The van der Waals surface area contributed by atoms with Crippen LogP contribution in [-0.2, 0) is 4.79 Å². The molecule has 0 spiro atoms. The normalized spacial score (nSPS) is 15.7. The maximum Gasteiger partial charge on any atom is 0.312 e. The number of benzene rings is 3. The fraction of sp³-hybridized carbons (Fsp3) is 0.0833. The first kappa shape index (κ1) is 18.9. The Balaban J connectivity index is 1.92. The zero-order chi connectivity index (χ0) is 20.8. The van der Waals surface area contributed by atoms with Gasteiger partial charge < -0.3 is 4.74 Å². The minimum atomic E-state index is -0.602. The van der Waals surface area contributed by atoms with E-state index in [1.807, 2.05) is 54.6 Å². The van der Waals surface area contributed by atoms with Crippen LogP contribution in [0.15, 0.2) is 77.6 Å². The van der Waals surface area contributed by atoms with Crippen LogP contribution in [0.4, 0.5) is 0 Å². The van der Waals surface area contributed by atoms with Crippen LogP contribution in [0, 0.1) is 0 Å². The molecule has 3 aromatic carbocycles. The van der Waals surface area contributed by atoms with E-state index in [4.69, 9.17) is 27.9 Å². The second kappa shape index (κ2) is 7.31. The number of rotatable bonds is 2. The van der Waals surface area contributed by atoms with Gasteiger partial charge in [0.15, 0.2) is 0 Å². The molecule has 2 heterocycles. The van der Waals surface area contributed by atoms with Gasteiger partial charge in [0.1, 0.15) is 5.75 Å². The predicted octanol–water partition coefficient (Wildman–Crippen LogP) is 5.74. The Bertz CT molecular complexity index is 1340. The largest absolute Gasteiger partial charge is 0.425 e. The van der Waals surface area contributed by atoms with E-state index in [-0.39, 0.29) is 17.7 Å². The number of ether oxygens (including phenoxy) is 1. The standard InChI is InChI=1S/C24H15Cl2NO3/c25-17-10-6-11-18(26)21(17)16-13-20(28)30-23-15-9-4-5-12-19(15)27(24(29)22(16)23)14-7-2-1-3-8-14/h1-12,16H,13H2. The molecule has 0 saturated carbocycles. The van der Waals surface area contributed by atoms with Crippen molar-refractivity contribution in [2.24, 2.45) is 0 Å². The van der Waals surface area contributed by atoms with Gasteiger partial charge in [0.25, 0.3) is 5.56 Å². The molecule has 0 amide bonds. The van der Waals surface area contributed by atoms with Gasteiger partial charge in [-0.3, -0.25) is 14.2 Å². The number of fused-ring (bicyclic) bond motifs is 3. The van der Waals surface area contributed by atoms with E-state index in [1.54, 1.807) is 22.8 Å². The Kier molecular flexibility index (Phi) is 4.61. The van der Waals surface area contributed by atoms with Gasteiger partial charge in [-0.1, -0.05) is 59.6 Å². The first-order valence-corrected chi connectivity index (χ1v) is 10.2. The highest BCUT2D eigenvalue weighted by molar-refractivity contribution is 6.36. The van der Waals surface area contributed by atoms with E-state index >= 15 is 0 Å². The summed E-state index contributed by atoms with van der Waals surface area (Å²) in [6.07, 6.45) is -0.0151. The van der Waals surface area contributed by atoms with Gasteiger partial charge in [-0.15, -0.1) is 0 Å². The number of aromatic nitrogens is 1. The van der Waals surface area contributed by atoms with Crippen LogP contribution in [-0.4, -0.2) is 10.5 Å². The van der Waals surface area contributed by atoms with Gasteiger partial charge in [0.05, 0.1) is 17.5 Å². The van der Waals surface area contributed by atoms with Crippen molar-refractivity contribution in [1.29, 1.82) is 0 Å². The van der Waals surface area contributed by atoms with Crippen molar-refractivity contribution in [2.75, 3.05) is 0 Å². The van der Waals surface area contributed by atoms with E-state index in [9.17, 15) is 9.59 Å². The Morgan fingerprint density at radius 2 is 1.47 bits per heavy atom. The van der Waals surface area contributed by atoms with Crippen molar-refractivity contribution in [2.45, 2.75) is 12.3 Å². The highest BCUT2D eigenvalue weighted by Gasteiger charge is 2.36.